The average Bonchev–Trinajstić information content (AvgIpc) is 3.49. The molecule has 0 spiro atoms. The SMILES string of the molecule is CN(C)CCCOc1cc(-n2ccccc2=O)ccc1-n1cc(CNC(=O)c2ccc(Cl)s2)nn1. The Morgan fingerprint density at radius 3 is 2.80 bits per heavy atom. The summed E-state index contributed by atoms with van der Waals surface area (Å²) in [6, 6.07) is 13.9. The smallest absolute Gasteiger partial charge is 0.261 e. The van der Waals surface area contributed by atoms with Gasteiger partial charge in [0.15, 0.2) is 0 Å². The van der Waals surface area contributed by atoms with E-state index in [9.17, 15) is 9.59 Å². The van der Waals surface area contributed by atoms with Crippen LogP contribution >= 0.6 is 22.9 Å². The van der Waals surface area contributed by atoms with Crippen molar-refractivity contribution >= 4 is 28.8 Å². The molecule has 182 valence electrons. The number of pyridine rings is 1. The number of hydrogen-bond acceptors (Lipinski definition) is 7. The second-order valence-corrected chi connectivity index (χ2v) is 9.72. The van der Waals surface area contributed by atoms with Crippen molar-refractivity contribution in [3.05, 3.63) is 86.2 Å². The van der Waals surface area contributed by atoms with Crippen LogP contribution in [-0.4, -0.2) is 57.6 Å². The van der Waals surface area contributed by atoms with Gasteiger partial charge in [0, 0.05) is 24.9 Å². The van der Waals surface area contributed by atoms with Crippen LogP contribution < -0.4 is 15.6 Å². The molecule has 4 rings (SSSR count). The Kier molecular flexibility index (Phi) is 7.96. The lowest BCUT2D eigenvalue weighted by molar-refractivity contribution is 0.0954. The maximum absolute atomic E-state index is 12.3. The predicted octanol–water partition coefficient (Wildman–Crippen LogP) is 3.39. The molecule has 0 saturated carbocycles. The van der Waals surface area contributed by atoms with E-state index in [0.717, 1.165) is 13.0 Å². The van der Waals surface area contributed by atoms with Crippen LogP contribution in [0.4, 0.5) is 0 Å². The molecule has 0 radical (unpaired) electrons. The summed E-state index contributed by atoms with van der Waals surface area (Å²) in [7, 11) is 4.02. The van der Waals surface area contributed by atoms with Gasteiger partial charge in [-0.2, -0.15) is 0 Å². The van der Waals surface area contributed by atoms with Crippen LogP contribution in [0.3, 0.4) is 0 Å². The topological polar surface area (TPSA) is 94.3 Å². The van der Waals surface area contributed by atoms with Crippen LogP contribution in [0.15, 0.2) is 65.7 Å². The normalized spacial score (nSPS) is 11.1. The number of carbonyl (C=O) groups is 1. The first-order chi connectivity index (χ1) is 16.9. The molecule has 0 aliphatic rings. The molecule has 0 atom stereocenters. The van der Waals surface area contributed by atoms with Gasteiger partial charge < -0.3 is 15.0 Å². The van der Waals surface area contributed by atoms with Gasteiger partial charge in [0.05, 0.1) is 34.2 Å². The van der Waals surface area contributed by atoms with E-state index in [1.165, 1.54) is 17.4 Å². The molecule has 0 aliphatic heterocycles. The Morgan fingerprint density at radius 2 is 2.06 bits per heavy atom. The summed E-state index contributed by atoms with van der Waals surface area (Å²) in [6.07, 6.45) is 4.28. The molecule has 0 saturated heterocycles. The molecule has 0 unspecified atom stereocenters. The first kappa shape index (κ1) is 24.6. The van der Waals surface area contributed by atoms with Crippen molar-refractivity contribution in [3.8, 4) is 17.1 Å². The molecule has 3 aromatic heterocycles. The maximum Gasteiger partial charge on any atom is 0.261 e. The minimum atomic E-state index is -0.223. The van der Waals surface area contributed by atoms with Gasteiger partial charge in [-0.3, -0.25) is 14.2 Å². The molecular weight excluding hydrogens is 488 g/mol. The number of ether oxygens (including phenoxy) is 1. The first-order valence-corrected chi connectivity index (χ1v) is 12.1. The van der Waals surface area contributed by atoms with E-state index in [1.54, 1.807) is 45.9 Å². The molecule has 0 bridgehead atoms. The van der Waals surface area contributed by atoms with Crippen molar-refractivity contribution < 1.29 is 9.53 Å². The number of halogens is 1. The molecule has 35 heavy (non-hydrogen) atoms. The van der Waals surface area contributed by atoms with Gasteiger partial charge in [0.25, 0.3) is 11.5 Å². The molecule has 11 heteroatoms. The summed E-state index contributed by atoms with van der Waals surface area (Å²) < 4.78 is 9.81. The molecule has 1 amide bonds. The van der Waals surface area contributed by atoms with E-state index < -0.39 is 0 Å². The van der Waals surface area contributed by atoms with Gasteiger partial charge in [-0.1, -0.05) is 22.9 Å². The minimum Gasteiger partial charge on any atom is -0.491 e. The van der Waals surface area contributed by atoms with E-state index >= 15 is 0 Å². The van der Waals surface area contributed by atoms with Gasteiger partial charge in [-0.05, 0) is 50.8 Å². The Bertz CT molecular complexity index is 1360. The van der Waals surface area contributed by atoms with E-state index in [4.69, 9.17) is 16.3 Å². The zero-order valence-electron chi connectivity index (χ0n) is 19.3. The number of rotatable bonds is 10. The molecule has 0 fully saturated rings. The van der Waals surface area contributed by atoms with E-state index in [2.05, 4.69) is 20.5 Å². The van der Waals surface area contributed by atoms with Crippen molar-refractivity contribution in [3.63, 3.8) is 0 Å². The van der Waals surface area contributed by atoms with Crippen molar-refractivity contribution in [2.24, 2.45) is 0 Å². The Hall–Kier alpha value is -3.47. The van der Waals surface area contributed by atoms with Gasteiger partial charge in [-0.15, -0.1) is 16.4 Å². The Labute approximate surface area is 211 Å². The number of aromatic nitrogens is 4. The summed E-state index contributed by atoms with van der Waals surface area (Å²) in [4.78, 5) is 27.2. The van der Waals surface area contributed by atoms with Crippen LogP contribution in [0.25, 0.3) is 11.4 Å². The monoisotopic (exact) mass is 512 g/mol. The lowest BCUT2D eigenvalue weighted by atomic mass is 10.2. The molecule has 1 N–H and O–H groups in total. The lowest BCUT2D eigenvalue weighted by Crippen LogP contribution is -2.21. The highest BCUT2D eigenvalue weighted by Gasteiger charge is 2.14. The van der Waals surface area contributed by atoms with E-state index in [1.807, 2.05) is 32.3 Å². The predicted molar refractivity (Wildman–Crippen MR) is 136 cm³/mol. The van der Waals surface area contributed by atoms with Crippen molar-refractivity contribution in [1.29, 1.82) is 0 Å². The van der Waals surface area contributed by atoms with Crippen molar-refractivity contribution in [1.82, 2.24) is 29.8 Å². The lowest BCUT2D eigenvalue weighted by Gasteiger charge is -2.15. The minimum absolute atomic E-state index is 0.135. The highest BCUT2D eigenvalue weighted by molar-refractivity contribution is 7.17. The Balaban J connectivity index is 1.54. The van der Waals surface area contributed by atoms with Gasteiger partial charge in [0.1, 0.15) is 17.1 Å². The molecule has 3 heterocycles. The second kappa shape index (κ2) is 11.3. The van der Waals surface area contributed by atoms with E-state index in [0.29, 0.717) is 38.6 Å². The van der Waals surface area contributed by atoms with Gasteiger partial charge >= 0.3 is 0 Å². The number of carbonyl (C=O) groups excluding carboxylic acids is 1. The highest BCUT2D eigenvalue weighted by atomic mass is 35.5. The van der Waals surface area contributed by atoms with Gasteiger partial charge in [-0.25, -0.2) is 4.68 Å². The number of thiophene rings is 1. The zero-order valence-corrected chi connectivity index (χ0v) is 20.9. The third-order valence-corrected chi connectivity index (χ3v) is 6.30. The summed E-state index contributed by atoms with van der Waals surface area (Å²) in [6.45, 7) is 1.60. The Morgan fingerprint density at radius 1 is 1.20 bits per heavy atom. The molecule has 9 nitrogen and oxygen atoms in total. The van der Waals surface area contributed by atoms with Crippen LogP contribution in [-0.2, 0) is 6.54 Å². The second-order valence-electron chi connectivity index (χ2n) is 8.01. The van der Waals surface area contributed by atoms with Crippen molar-refractivity contribution in [2.45, 2.75) is 13.0 Å². The molecular formula is C24H25ClN6O3S. The third-order valence-electron chi connectivity index (χ3n) is 5.07. The number of hydrogen-bond donors (Lipinski definition) is 1. The molecule has 1 aromatic carbocycles. The average molecular weight is 513 g/mol. The fourth-order valence-corrected chi connectivity index (χ4v) is 4.31. The number of nitrogens with zero attached hydrogens (tertiary/aromatic N) is 5. The maximum atomic E-state index is 12.3. The number of nitrogens with one attached hydrogen (secondary N) is 1. The largest absolute Gasteiger partial charge is 0.491 e. The van der Waals surface area contributed by atoms with Crippen LogP contribution in [0.1, 0.15) is 21.8 Å². The van der Waals surface area contributed by atoms with Crippen LogP contribution in [0.2, 0.25) is 4.34 Å². The quantitative estimate of drug-likeness (QED) is 0.327. The number of benzene rings is 1. The summed E-state index contributed by atoms with van der Waals surface area (Å²) in [5.41, 5.74) is 1.81. The standard InChI is InChI=1S/C24H25ClN6O3S/c1-29(2)11-5-13-34-20-14-18(30-12-4-3-6-23(30)32)7-8-19(20)31-16-17(27-28-31)15-26-24(33)21-9-10-22(25)35-21/h3-4,6-10,12,14,16H,5,11,13,15H2,1-2H3,(H,26,33). The van der Waals surface area contributed by atoms with Crippen molar-refractivity contribution in [2.75, 3.05) is 27.2 Å². The summed E-state index contributed by atoms with van der Waals surface area (Å²) in [5, 5.41) is 11.2. The summed E-state index contributed by atoms with van der Waals surface area (Å²) in [5.74, 6) is 0.352. The number of amides is 1. The zero-order chi connectivity index (χ0) is 24.8. The fraction of sp³-hybridized carbons (Fsp3) is 0.250. The third kappa shape index (κ3) is 6.36. The van der Waals surface area contributed by atoms with Crippen LogP contribution in [0, 0.1) is 0 Å². The highest BCUT2D eigenvalue weighted by Crippen LogP contribution is 2.26. The van der Waals surface area contributed by atoms with E-state index in [-0.39, 0.29) is 18.0 Å². The fourth-order valence-electron chi connectivity index (χ4n) is 3.35. The molecule has 4 aromatic rings. The first-order valence-electron chi connectivity index (χ1n) is 11.0. The molecule has 0 aliphatic carbocycles. The summed E-state index contributed by atoms with van der Waals surface area (Å²) >= 11 is 7.12. The van der Waals surface area contributed by atoms with Gasteiger partial charge in [0.2, 0.25) is 0 Å². The van der Waals surface area contributed by atoms with Crippen LogP contribution in [0.5, 0.6) is 5.75 Å².